The lowest BCUT2D eigenvalue weighted by molar-refractivity contribution is -0.121. The minimum Gasteiger partial charge on any atom is -0.372 e. The van der Waals surface area contributed by atoms with Crippen LogP contribution in [0.3, 0.4) is 0 Å². The number of carbonyl (C=O) groups is 2. The van der Waals surface area contributed by atoms with Crippen molar-refractivity contribution in [3.05, 3.63) is 70.4 Å². The van der Waals surface area contributed by atoms with Crippen LogP contribution in [-0.4, -0.2) is 42.0 Å². The molecule has 2 amide bonds. The van der Waals surface area contributed by atoms with E-state index in [1.165, 1.54) is 10.5 Å². The van der Waals surface area contributed by atoms with Crippen molar-refractivity contribution in [1.29, 1.82) is 0 Å². The minimum absolute atomic E-state index is 0.0172. The van der Waals surface area contributed by atoms with Crippen LogP contribution in [0.1, 0.15) is 55.9 Å². The number of anilines is 1. The fourth-order valence-corrected chi connectivity index (χ4v) is 4.94. The summed E-state index contributed by atoms with van der Waals surface area (Å²) in [4.78, 5) is 31.0. The molecule has 2 atom stereocenters. The second kappa shape index (κ2) is 9.52. The smallest absolute Gasteiger partial charge is 0.282 e. The molecule has 5 heteroatoms. The zero-order valence-corrected chi connectivity index (χ0v) is 20.4. The van der Waals surface area contributed by atoms with E-state index in [4.69, 9.17) is 4.74 Å². The number of amides is 2. The largest absolute Gasteiger partial charge is 0.372 e. The molecule has 0 saturated carbocycles. The van der Waals surface area contributed by atoms with Crippen LogP contribution in [0.15, 0.2) is 48.2 Å². The number of unbranched alkanes of at least 4 members (excludes halogenated alkanes) is 1. The van der Waals surface area contributed by atoms with Gasteiger partial charge in [-0.25, -0.2) is 4.90 Å². The van der Waals surface area contributed by atoms with Crippen LogP contribution in [-0.2, 0) is 20.7 Å². The third-order valence-electron chi connectivity index (χ3n) is 6.46. The molecule has 2 aliphatic heterocycles. The number of imide groups is 1. The zero-order chi connectivity index (χ0) is 23.7. The van der Waals surface area contributed by atoms with Crippen molar-refractivity contribution in [2.75, 3.05) is 18.0 Å². The molecule has 0 spiro atoms. The number of carbonyl (C=O) groups excluding carboxylic acids is 2. The number of hydrogen-bond acceptors (Lipinski definition) is 4. The monoisotopic (exact) mass is 446 g/mol. The number of ether oxygens (including phenoxy) is 1. The first kappa shape index (κ1) is 23.2. The number of nitrogens with zero attached hydrogens (tertiary/aromatic N) is 2. The maximum absolute atomic E-state index is 13.8. The third kappa shape index (κ3) is 4.60. The van der Waals surface area contributed by atoms with E-state index >= 15 is 0 Å². The van der Waals surface area contributed by atoms with Gasteiger partial charge in [-0.15, -0.1) is 0 Å². The molecule has 0 aromatic heterocycles. The Bertz CT molecular complexity index is 1080. The lowest BCUT2D eigenvalue weighted by Gasteiger charge is -2.37. The number of hydrogen-bond donors (Lipinski definition) is 0. The molecule has 0 aliphatic carbocycles. The van der Waals surface area contributed by atoms with Crippen molar-refractivity contribution >= 4 is 23.1 Å². The van der Waals surface area contributed by atoms with E-state index in [0.29, 0.717) is 30.0 Å². The summed E-state index contributed by atoms with van der Waals surface area (Å²) in [5.41, 5.74) is 5.77. The van der Waals surface area contributed by atoms with E-state index in [1.54, 1.807) is 0 Å². The Morgan fingerprint density at radius 2 is 1.61 bits per heavy atom. The number of rotatable bonds is 6. The van der Waals surface area contributed by atoms with E-state index in [1.807, 2.05) is 69.0 Å². The second-order valence-corrected chi connectivity index (χ2v) is 9.42. The Hall–Kier alpha value is -2.92. The Kier molecular flexibility index (Phi) is 6.71. The van der Waals surface area contributed by atoms with Crippen molar-refractivity contribution in [2.45, 2.75) is 66.1 Å². The summed E-state index contributed by atoms with van der Waals surface area (Å²) in [7, 11) is 0. The number of morpholine rings is 1. The molecule has 5 nitrogen and oxygen atoms in total. The van der Waals surface area contributed by atoms with Crippen molar-refractivity contribution in [2.24, 2.45) is 0 Å². The van der Waals surface area contributed by atoms with Gasteiger partial charge in [0.25, 0.3) is 11.8 Å². The SMILES string of the molecule is CCCCc1ccc(N2C(=O)C(c3ccc(C)cc3C)=C(N3CC(C)OC(C)C3)C2=O)cc1. The molecule has 0 bridgehead atoms. The van der Waals surface area contributed by atoms with Gasteiger partial charge in [0.15, 0.2) is 0 Å². The summed E-state index contributed by atoms with van der Waals surface area (Å²) in [5, 5.41) is 0. The predicted octanol–water partition coefficient (Wildman–Crippen LogP) is 5.04. The molecule has 2 aliphatic rings. The van der Waals surface area contributed by atoms with E-state index in [9.17, 15) is 9.59 Å². The molecule has 1 saturated heterocycles. The molecule has 2 heterocycles. The van der Waals surface area contributed by atoms with Crippen LogP contribution in [0.4, 0.5) is 5.69 Å². The van der Waals surface area contributed by atoms with Gasteiger partial charge in [-0.1, -0.05) is 49.2 Å². The van der Waals surface area contributed by atoms with Crippen LogP contribution in [0.25, 0.3) is 5.57 Å². The average Bonchev–Trinajstić information content (AvgIpc) is 3.02. The van der Waals surface area contributed by atoms with Gasteiger partial charge in [-0.05, 0) is 69.4 Å². The van der Waals surface area contributed by atoms with E-state index in [2.05, 4.69) is 13.0 Å². The van der Waals surface area contributed by atoms with Crippen molar-refractivity contribution < 1.29 is 14.3 Å². The molecular weight excluding hydrogens is 412 g/mol. The Labute approximate surface area is 197 Å². The normalized spacial score (nSPS) is 21.4. The first-order valence-electron chi connectivity index (χ1n) is 12.0. The van der Waals surface area contributed by atoms with Gasteiger partial charge in [0.1, 0.15) is 5.70 Å². The summed E-state index contributed by atoms with van der Waals surface area (Å²) in [6.07, 6.45) is 3.22. The van der Waals surface area contributed by atoms with E-state index in [0.717, 1.165) is 36.0 Å². The molecule has 1 fully saturated rings. The highest BCUT2D eigenvalue weighted by molar-refractivity contribution is 6.45. The minimum atomic E-state index is -0.255. The molecule has 174 valence electrons. The quantitative estimate of drug-likeness (QED) is 0.584. The van der Waals surface area contributed by atoms with Gasteiger partial charge in [0.2, 0.25) is 0 Å². The number of benzene rings is 2. The van der Waals surface area contributed by atoms with Crippen LogP contribution in [0.5, 0.6) is 0 Å². The molecule has 2 aromatic carbocycles. The van der Waals surface area contributed by atoms with Gasteiger partial charge in [-0.3, -0.25) is 9.59 Å². The average molecular weight is 447 g/mol. The van der Waals surface area contributed by atoms with Gasteiger partial charge in [0.05, 0.1) is 23.5 Å². The van der Waals surface area contributed by atoms with Crippen LogP contribution < -0.4 is 4.90 Å². The summed E-state index contributed by atoms with van der Waals surface area (Å²) < 4.78 is 5.90. The molecule has 2 unspecified atom stereocenters. The van der Waals surface area contributed by atoms with Gasteiger partial charge >= 0.3 is 0 Å². The van der Waals surface area contributed by atoms with Gasteiger partial charge in [0, 0.05) is 13.1 Å². The highest BCUT2D eigenvalue weighted by Gasteiger charge is 2.44. The lowest BCUT2D eigenvalue weighted by atomic mass is 9.97. The highest BCUT2D eigenvalue weighted by Crippen LogP contribution is 2.37. The zero-order valence-electron chi connectivity index (χ0n) is 20.4. The summed E-state index contributed by atoms with van der Waals surface area (Å²) in [5.74, 6) is -0.507. The molecule has 0 N–H and O–H groups in total. The van der Waals surface area contributed by atoms with Crippen LogP contribution in [0.2, 0.25) is 0 Å². The van der Waals surface area contributed by atoms with Gasteiger partial charge in [-0.2, -0.15) is 0 Å². The van der Waals surface area contributed by atoms with E-state index < -0.39 is 0 Å². The topological polar surface area (TPSA) is 49.9 Å². The fraction of sp³-hybridized carbons (Fsp3) is 0.429. The van der Waals surface area contributed by atoms with Crippen molar-refractivity contribution in [1.82, 2.24) is 4.90 Å². The van der Waals surface area contributed by atoms with Crippen molar-refractivity contribution in [3.63, 3.8) is 0 Å². The maximum Gasteiger partial charge on any atom is 0.282 e. The molecule has 33 heavy (non-hydrogen) atoms. The van der Waals surface area contributed by atoms with Crippen LogP contribution >= 0.6 is 0 Å². The predicted molar refractivity (Wildman–Crippen MR) is 132 cm³/mol. The summed E-state index contributed by atoms with van der Waals surface area (Å²) in [6.45, 7) is 11.4. The van der Waals surface area contributed by atoms with E-state index in [-0.39, 0.29) is 24.0 Å². The second-order valence-electron chi connectivity index (χ2n) is 9.42. The maximum atomic E-state index is 13.8. The Morgan fingerprint density at radius 3 is 2.21 bits per heavy atom. The summed E-state index contributed by atoms with van der Waals surface area (Å²) in [6, 6.07) is 13.9. The molecule has 4 rings (SSSR count). The highest BCUT2D eigenvalue weighted by atomic mass is 16.5. The van der Waals surface area contributed by atoms with Crippen LogP contribution in [0, 0.1) is 13.8 Å². The molecular formula is C28H34N2O3. The molecule has 0 radical (unpaired) electrons. The molecule has 2 aromatic rings. The first-order chi connectivity index (χ1) is 15.8. The Balaban J connectivity index is 1.77. The van der Waals surface area contributed by atoms with Gasteiger partial charge < -0.3 is 9.64 Å². The first-order valence-corrected chi connectivity index (χ1v) is 12.0. The lowest BCUT2D eigenvalue weighted by Crippen LogP contribution is -2.47. The standard InChI is InChI=1S/C28H34N2O3/c1-6-7-8-22-10-12-23(13-11-22)30-27(31)25(24-14-9-18(2)15-19(24)3)26(28(30)32)29-16-20(4)33-21(5)17-29/h9-15,20-21H,6-8,16-17H2,1-5H3. The third-order valence-corrected chi connectivity index (χ3v) is 6.46. The van der Waals surface area contributed by atoms with Crippen molar-refractivity contribution in [3.8, 4) is 0 Å². The number of aryl methyl sites for hydroxylation is 3. The Morgan fingerprint density at radius 1 is 0.939 bits per heavy atom. The summed E-state index contributed by atoms with van der Waals surface area (Å²) >= 11 is 0. The fourth-order valence-electron chi connectivity index (χ4n) is 4.94.